The summed E-state index contributed by atoms with van der Waals surface area (Å²) >= 11 is 5.80. The Bertz CT molecular complexity index is 511. The molecule has 1 aromatic carbocycles. The summed E-state index contributed by atoms with van der Waals surface area (Å²) in [6.07, 6.45) is 1.67. The molecule has 0 aliphatic rings. The molecule has 1 heterocycles. The normalized spacial score (nSPS) is 11.3. The van der Waals surface area contributed by atoms with Crippen LogP contribution in [0.4, 0.5) is 5.69 Å². The smallest absolute Gasteiger partial charge is 0.153 e. The molecule has 94 valence electrons. The number of halogens is 1. The second-order valence-corrected chi connectivity index (χ2v) is 5.26. The van der Waals surface area contributed by atoms with Crippen LogP contribution in [0, 0.1) is 0 Å². The van der Waals surface area contributed by atoms with Crippen molar-refractivity contribution < 1.29 is 0 Å². The van der Waals surface area contributed by atoms with Crippen LogP contribution in [0.1, 0.15) is 19.4 Å². The van der Waals surface area contributed by atoms with Crippen LogP contribution in [-0.4, -0.2) is 16.7 Å². The molecule has 2 rings (SSSR count). The molecule has 0 radical (unpaired) electrons. The zero-order chi connectivity index (χ0) is 13.0. The second kappa shape index (κ2) is 5.36. The van der Waals surface area contributed by atoms with Crippen LogP contribution in [-0.2, 0) is 5.41 Å². The minimum atomic E-state index is 0.0387. The van der Waals surface area contributed by atoms with E-state index in [0.29, 0.717) is 5.15 Å². The fraction of sp³-hybridized carbons (Fsp3) is 0.286. The first-order chi connectivity index (χ1) is 8.58. The first-order valence-corrected chi connectivity index (χ1v) is 6.23. The van der Waals surface area contributed by atoms with E-state index in [0.717, 1.165) is 12.2 Å². The highest BCUT2D eigenvalue weighted by Crippen LogP contribution is 2.23. The van der Waals surface area contributed by atoms with Crippen molar-refractivity contribution in [2.45, 2.75) is 19.3 Å². The Morgan fingerprint density at radius 3 is 2.61 bits per heavy atom. The highest BCUT2D eigenvalue weighted by atomic mass is 35.5. The van der Waals surface area contributed by atoms with Crippen molar-refractivity contribution >= 4 is 17.3 Å². The maximum atomic E-state index is 5.80. The largest absolute Gasteiger partial charge is 0.383 e. The Morgan fingerprint density at radius 2 is 1.94 bits per heavy atom. The van der Waals surface area contributed by atoms with Crippen LogP contribution < -0.4 is 5.32 Å². The third-order valence-corrected chi connectivity index (χ3v) is 3.10. The van der Waals surface area contributed by atoms with Crippen molar-refractivity contribution in [3.05, 3.63) is 53.3 Å². The van der Waals surface area contributed by atoms with Crippen molar-refractivity contribution in [1.29, 1.82) is 0 Å². The van der Waals surface area contributed by atoms with Crippen LogP contribution in [0.3, 0.4) is 0 Å². The Hall–Kier alpha value is -1.61. The Kier molecular flexibility index (Phi) is 3.82. The van der Waals surface area contributed by atoms with Gasteiger partial charge in [0.25, 0.3) is 0 Å². The summed E-state index contributed by atoms with van der Waals surface area (Å²) in [5.41, 5.74) is 2.22. The maximum absolute atomic E-state index is 5.80. The lowest BCUT2D eigenvalue weighted by atomic mass is 9.84. The second-order valence-electron chi connectivity index (χ2n) is 4.87. The third-order valence-electron chi connectivity index (χ3n) is 2.91. The lowest BCUT2D eigenvalue weighted by Gasteiger charge is -2.26. The summed E-state index contributed by atoms with van der Waals surface area (Å²) < 4.78 is 0. The molecule has 0 aliphatic carbocycles. The van der Waals surface area contributed by atoms with Gasteiger partial charge in [-0.3, -0.25) is 0 Å². The quantitative estimate of drug-likeness (QED) is 0.915. The van der Waals surface area contributed by atoms with E-state index in [2.05, 4.69) is 53.6 Å². The Balaban J connectivity index is 2.05. The molecule has 0 aliphatic heterocycles. The summed E-state index contributed by atoms with van der Waals surface area (Å²) in [5.74, 6) is 0. The number of rotatable bonds is 4. The molecule has 0 saturated carbocycles. The molecule has 0 spiro atoms. The Labute approximate surface area is 112 Å². The van der Waals surface area contributed by atoms with Gasteiger partial charge >= 0.3 is 0 Å². The molecule has 0 unspecified atom stereocenters. The first kappa shape index (κ1) is 12.8. The van der Waals surface area contributed by atoms with Gasteiger partial charge in [-0.15, -0.1) is 5.10 Å². The van der Waals surface area contributed by atoms with Gasteiger partial charge in [-0.05, 0) is 5.56 Å². The fourth-order valence-corrected chi connectivity index (χ4v) is 1.91. The van der Waals surface area contributed by atoms with E-state index >= 15 is 0 Å². The first-order valence-electron chi connectivity index (χ1n) is 5.85. The summed E-state index contributed by atoms with van der Waals surface area (Å²) in [5, 5.41) is 11.3. The van der Waals surface area contributed by atoms with Gasteiger partial charge in [-0.25, -0.2) is 0 Å². The number of hydrogen-bond donors (Lipinski definition) is 1. The molecule has 0 amide bonds. The average molecular weight is 262 g/mol. The zero-order valence-electron chi connectivity index (χ0n) is 10.5. The van der Waals surface area contributed by atoms with Crippen molar-refractivity contribution in [3.8, 4) is 0 Å². The Morgan fingerprint density at radius 1 is 1.22 bits per heavy atom. The van der Waals surface area contributed by atoms with Gasteiger partial charge in [0.2, 0.25) is 0 Å². The van der Waals surface area contributed by atoms with Gasteiger partial charge in [-0.1, -0.05) is 55.8 Å². The summed E-state index contributed by atoms with van der Waals surface area (Å²) in [6, 6.07) is 12.2. The fourth-order valence-electron chi connectivity index (χ4n) is 1.75. The van der Waals surface area contributed by atoms with Crippen LogP contribution in [0.5, 0.6) is 0 Å². The number of benzene rings is 1. The van der Waals surface area contributed by atoms with Crippen molar-refractivity contribution in [3.63, 3.8) is 0 Å². The lowest BCUT2D eigenvalue weighted by Crippen LogP contribution is -2.27. The monoisotopic (exact) mass is 261 g/mol. The standard InChI is InChI=1S/C14H16ClN3/c1-14(2,11-6-4-3-5-7-11)10-16-12-8-13(15)18-17-9-12/h3-9H,10H2,1-2H3,(H,16,18). The van der Waals surface area contributed by atoms with Gasteiger partial charge in [0.15, 0.2) is 5.15 Å². The van der Waals surface area contributed by atoms with Gasteiger partial charge < -0.3 is 5.32 Å². The van der Waals surface area contributed by atoms with Crippen molar-refractivity contribution in [2.24, 2.45) is 0 Å². The van der Waals surface area contributed by atoms with Gasteiger partial charge in [-0.2, -0.15) is 5.10 Å². The van der Waals surface area contributed by atoms with Gasteiger partial charge in [0, 0.05) is 18.0 Å². The molecule has 0 bridgehead atoms. The van der Waals surface area contributed by atoms with Crippen LogP contribution in [0.2, 0.25) is 5.15 Å². The highest BCUT2D eigenvalue weighted by Gasteiger charge is 2.19. The predicted octanol–water partition coefficient (Wildman–Crippen LogP) is 3.52. The van der Waals surface area contributed by atoms with E-state index < -0.39 is 0 Å². The average Bonchev–Trinajstić information content (AvgIpc) is 2.38. The third kappa shape index (κ3) is 3.20. The van der Waals surface area contributed by atoms with E-state index in [-0.39, 0.29) is 5.41 Å². The number of hydrogen-bond acceptors (Lipinski definition) is 3. The molecule has 18 heavy (non-hydrogen) atoms. The molecular formula is C14H16ClN3. The number of aromatic nitrogens is 2. The minimum Gasteiger partial charge on any atom is -0.383 e. The summed E-state index contributed by atoms with van der Waals surface area (Å²) in [7, 11) is 0. The number of nitrogens with one attached hydrogen (secondary N) is 1. The zero-order valence-corrected chi connectivity index (χ0v) is 11.3. The predicted molar refractivity (Wildman–Crippen MR) is 75.0 cm³/mol. The molecule has 1 N–H and O–H groups in total. The van der Waals surface area contributed by atoms with Crippen LogP contribution >= 0.6 is 11.6 Å². The topological polar surface area (TPSA) is 37.8 Å². The molecule has 0 fully saturated rings. The molecule has 4 heteroatoms. The molecular weight excluding hydrogens is 246 g/mol. The van der Waals surface area contributed by atoms with Crippen LogP contribution in [0.15, 0.2) is 42.6 Å². The summed E-state index contributed by atoms with van der Waals surface area (Å²) in [4.78, 5) is 0. The van der Waals surface area contributed by atoms with Crippen molar-refractivity contribution in [2.75, 3.05) is 11.9 Å². The summed E-state index contributed by atoms with van der Waals surface area (Å²) in [6.45, 7) is 5.20. The highest BCUT2D eigenvalue weighted by molar-refractivity contribution is 6.29. The SMILES string of the molecule is CC(C)(CNc1cnnc(Cl)c1)c1ccccc1. The van der Waals surface area contributed by atoms with E-state index in [1.165, 1.54) is 5.56 Å². The van der Waals surface area contributed by atoms with Gasteiger partial charge in [0.1, 0.15) is 0 Å². The number of anilines is 1. The molecule has 3 nitrogen and oxygen atoms in total. The van der Waals surface area contributed by atoms with E-state index in [1.807, 2.05) is 6.07 Å². The molecule has 0 saturated heterocycles. The maximum Gasteiger partial charge on any atom is 0.153 e. The van der Waals surface area contributed by atoms with Crippen molar-refractivity contribution in [1.82, 2.24) is 10.2 Å². The molecule has 1 aromatic heterocycles. The lowest BCUT2D eigenvalue weighted by molar-refractivity contribution is 0.557. The molecule has 0 atom stereocenters. The van der Waals surface area contributed by atoms with E-state index in [9.17, 15) is 0 Å². The van der Waals surface area contributed by atoms with E-state index in [4.69, 9.17) is 11.6 Å². The van der Waals surface area contributed by atoms with Crippen LogP contribution in [0.25, 0.3) is 0 Å². The minimum absolute atomic E-state index is 0.0387. The van der Waals surface area contributed by atoms with E-state index in [1.54, 1.807) is 12.3 Å². The number of nitrogens with zero attached hydrogens (tertiary/aromatic N) is 2. The molecule has 2 aromatic rings. The van der Waals surface area contributed by atoms with Gasteiger partial charge in [0.05, 0.1) is 11.9 Å².